The lowest BCUT2D eigenvalue weighted by Gasteiger charge is -2.30. The minimum Gasteiger partial charge on any atom is -0.393 e. The fourth-order valence-electron chi connectivity index (χ4n) is 3.41. The second-order valence-corrected chi connectivity index (χ2v) is 8.14. The van der Waals surface area contributed by atoms with Gasteiger partial charge in [0.15, 0.2) is 0 Å². The molecular weight excluding hydrogens is 381 g/mol. The smallest absolute Gasteiger partial charge is 0.249 e. The molecule has 7 nitrogen and oxygen atoms in total. The summed E-state index contributed by atoms with van der Waals surface area (Å²) in [5.74, 6) is 0.585. The van der Waals surface area contributed by atoms with Crippen molar-refractivity contribution in [2.45, 2.75) is 56.8 Å². The highest BCUT2D eigenvalue weighted by molar-refractivity contribution is 7.96. The molecule has 0 aromatic carbocycles. The Morgan fingerprint density at radius 3 is 2.57 bits per heavy atom. The van der Waals surface area contributed by atoms with Gasteiger partial charge in [0, 0.05) is 36.8 Å². The van der Waals surface area contributed by atoms with E-state index in [4.69, 9.17) is 5.11 Å². The number of nitrogens with zero attached hydrogens (tertiary/aromatic N) is 3. The SMILES string of the molecule is CSN1CCC(Nc2ncc3ccc(=O)[nH]c3n2)CC1.OC1CCC(F)CC1. The minimum absolute atomic E-state index is 0.143. The van der Waals surface area contributed by atoms with E-state index < -0.39 is 6.17 Å². The summed E-state index contributed by atoms with van der Waals surface area (Å²) in [7, 11) is 0. The van der Waals surface area contributed by atoms with E-state index in [-0.39, 0.29) is 11.7 Å². The summed E-state index contributed by atoms with van der Waals surface area (Å²) < 4.78 is 14.6. The van der Waals surface area contributed by atoms with Crippen LogP contribution in [0.5, 0.6) is 0 Å². The second kappa shape index (κ2) is 10.2. The van der Waals surface area contributed by atoms with Crippen molar-refractivity contribution >= 4 is 28.9 Å². The maximum atomic E-state index is 12.2. The summed E-state index contributed by atoms with van der Waals surface area (Å²) in [6.45, 7) is 2.15. The molecule has 0 amide bonds. The van der Waals surface area contributed by atoms with Crippen LogP contribution in [-0.2, 0) is 0 Å². The van der Waals surface area contributed by atoms with Crippen molar-refractivity contribution < 1.29 is 9.50 Å². The number of aromatic nitrogens is 3. The number of hydrogen-bond donors (Lipinski definition) is 3. The first-order chi connectivity index (χ1) is 13.5. The van der Waals surface area contributed by atoms with Gasteiger partial charge in [-0.1, -0.05) is 11.9 Å². The zero-order valence-corrected chi connectivity index (χ0v) is 16.9. The molecule has 0 atom stereocenters. The average molecular weight is 410 g/mol. The van der Waals surface area contributed by atoms with Gasteiger partial charge in [0.2, 0.25) is 11.5 Å². The van der Waals surface area contributed by atoms with E-state index in [1.54, 1.807) is 24.2 Å². The highest BCUT2D eigenvalue weighted by Gasteiger charge is 2.19. The largest absolute Gasteiger partial charge is 0.393 e. The molecule has 2 aromatic rings. The fourth-order valence-corrected chi connectivity index (χ4v) is 3.98. The average Bonchev–Trinajstić information content (AvgIpc) is 2.71. The molecule has 1 aliphatic carbocycles. The summed E-state index contributed by atoms with van der Waals surface area (Å²) in [6.07, 6.45) is 7.56. The Morgan fingerprint density at radius 2 is 1.93 bits per heavy atom. The number of pyridine rings is 1. The Hall–Kier alpha value is -1.71. The van der Waals surface area contributed by atoms with Crippen LogP contribution >= 0.6 is 11.9 Å². The van der Waals surface area contributed by atoms with Crippen LogP contribution in [-0.4, -0.2) is 62.0 Å². The minimum atomic E-state index is -0.640. The first-order valence-corrected chi connectivity index (χ1v) is 11.0. The Labute approximate surface area is 168 Å². The number of aliphatic hydroxyl groups excluding tert-OH is 1. The monoisotopic (exact) mass is 409 g/mol. The first-order valence-electron chi connectivity index (χ1n) is 9.77. The number of nitrogens with one attached hydrogen (secondary N) is 2. The lowest BCUT2D eigenvalue weighted by molar-refractivity contribution is 0.0940. The molecule has 154 valence electrons. The van der Waals surface area contributed by atoms with Crippen molar-refractivity contribution in [3.05, 3.63) is 28.7 Å². The molecule has 1 aliphatic heterocycles. The van der Waals surface area contributed by atoms with Crippen LogP contribution in [0.3, 0.4) is 0 Å². The number of anilines is 1. The second-order valence-electron chi connectivity index (χ2n) is 7.26. The van der Waals surface area contributed by atoms with Gasteiger partial charge in [0.1, 0.15) is 11.8 Å². The summed E-state index contributed by atoms with van der Waals surface area (Å²) in [4.78, 5) is 22.7. The number of hydrogen-bond acceptors (Lipinski definition) is 7. The number of alkyl halides is 1. The summed E-state index contributed by atoms with van der Waals surface area (Å²) >= 11 is 1.79. The molecular formula is C19H28FN5O2S. The number of piperidine rings is 1. The maximum Gasteiger partial charge on any atom is 0.249 e. The van der Waals surface area contributed by atoms with E-state index in [0.29, 0.717) is 43.3 Å². The molecule has 4 rings (SSSR count). The molecule has 3 heterocycles. The summed E-state index contributed by atoms with van der Waals surface area (Å²) in [5, 5.41) is 13.1. The molecule has 9 heteroatoms. The van der Waals surface area contributed by atoms with Gasteiger partial charge in [0.05, 0.1) is 6.10 Å². The van der Waals surface area contributed by atoms with Crippen LogP contribution in [0.4, 0.5) is 10.3 Å². The molecule has 0 radical (unpaired) electrons. The predicted octanol–water partition coefficient (Wildman–Crippen LogP) is 2.73. The first kappa shape index (κ1) is 21.0. The molecule has 1 saturated carbocycles. The van der Waals surface area contributed by atoms with Crippen molar-refractivity contribution in [1.29, 1.82) is 0 Å². The number of halogens is 1. The Bertz CT molecular complexity index is 794. The third kappa shape index (κ3) is 6.15. The zero-order valence-electron chi connectivity index (χ0n) is 16.1. The van der Waals surface area contributed by atoms with E-state index in [2.05, 4.69) is 30.8 Å². The number of aliphatic hydroxyl groups is 1. The van der Waals surface area contributed by atoms with Crippen molar-refractivity contribution in [1.82, 2.24) is 19.3 Å². The van der Waals surface area contributed by atoms with Gasteiger partial charge < -0.3 is 15.4 Å². The van der Waals surface area contributed by atoms with Gasteiger partial charge in [-0.05, 0) is 50.8 Å². The van der Waals surface area contributed by atoms with Crippen molar-refractivity contribution in [2.75, 3.05) is 24.7 Å². The molecule has 0 bridgehead atoms. The van der Waals surface area contributed by atoms with Crippen molar-refractivity contribution in [3.8, 4) is 0 Å². The van der Waals surface area contributed by atoms with E-state index in [1.807, 2.05) is 0 Å². The number of aromatic amines is 1. The van der Waals surface area contributed by atoms with Crippen LogP contribution in [0.1, 0.15) is 38.5 Å². The Morgan fingerprint density at radius 1 is 1.21 bits per heavy atom. The third-order valence-corrected chi connectivity index (χ3v) is 6.03. The number of H-pyrrole nitrogens is 1. The highest BCUT2D eigenvalue weighted by atomic mass is 32.2. The number of fused-ring (bicyclic) bond motifs is 1. The van der Waals surface area contributed by atoms with Crippen LogP contribution in [0.15, 0.2) is 23.1 Å². The zero-order chi connectivity index (χ0) is 19.9. The molecule has 3 N–H and O–H groups in total. The van der Waals surface area contributed by atoms with E-state index in [1.165, 1.54) is 6.07 Å². The van der Waals surface area contributed by atoms with Crippen LogP contribution < -0.4 is 10.9 Å². The molecule has 2 aromatic heterocycles. The maximum absolute atomic E-state index is 12.2. The molecule has 0 spiro atoms. The van der Waals surface area contributed by atoms with Gasteiger partial charge >= 0.3 is 0 Å². The van der Waals surface area contributed by atoms with Gasteiger partial charge in [-0.2, -0.15) is 4.98 Å². The standard InChI is InChI=1S/C13H17N5OS.C6H11FO/c1-20-18-6-4-10(5-7-18)15-13-14-8-9-2-3-11(19)16-12(9)17-13;7-5-1-3-6(8)4-2-5/h2-3,8,10H,4-7H2,1H3,(H2,14,15,16,17,19);5-6,8H,1-4H2. The molecule has 0 unspecified atom stereocenters. The van der Waals surface area contributed by atoms with Crippen LogP contribution in [0.25, 0.3) is 11.0 Å². The molecule has 1 saturated heterocycles. The van der Waals surface area contributed by atoms with E-state index >= 15 is 0 Å². The van der Waals surface area contributed by atoms with E-state index in [9.17, 15) is 9.18 Å². The normalized spacial score (nSPS) is 23.8. The Kier molecular flexibility index (Phi) is 7.64. The van der Waals surface area contributed by atoms with E-state index in [0.717, 1.165) is 31.3 Å². The summed E-state index contributed by atoms with van der Waals surface area (Å²) in [6, 6.07) is 3.61. The topological polar surface area (TPSA) is 94.1 Å². The van der Waals surface area contributed by atoms with Crippen molar-refractivity contribution in [3.63, 3.8) is 0 Å². The molecule has 28 heavy (non-hydrogen) atoms. The van der Waals surface area contributed by atoms with Crippen LogP contribution in [0.2, 0.25) is 0 Å². The van der Waals surface area contributed by atoms with Crippen molar-refractivity contribution in [2.24, 2.45) is 0 Å². The van der Waals surface area contributed by atoms with Gasteiger partial charge in [-0.3, -0.25) is 9.10 Å². The Balaban J connectivity index is 0.000000236. The van der Waals surface area contributed by atoms with Gasteiger partial charge in [0.25, 0.3) is 0 Å². The highest BCUT2D eigenvalue weighted by Crippen LogP contribution is 2.20. The molecule has 2 fully saturated rings. The lowest BCUT2D eigenvalue weighted by Crippen LogP contribution is -2.35. The fraction of sp³-hybridized carbons (Fsp3) is 0.632. The van der Waals surface area contributed by atoms with Gasteiger partial charge in [-0.25, -0.2) is 9.37 Å². The lowest BCUT2D eigenvalue weighted by atomic mass is 9.96. The molecule has 2 aliphatic rings. The predicted molar refractivity (Wildman–Crippen MR) is 111 cm³/mol. The van der Waals surface area contributed by atoms with Gasteiger partial charge in [-0.15, -0.1) is 0 Å². The third-order valence-electron chi connectivity index (χ3n) is 5.14. The van der Waals surface area contributed by atoms with Crippen LogP contribution in [0, 0.1) is 0 Å². The number of rotatable bonds is 3. The summed E-state index contributed by atoms with van der Waals surface area (Å²) in [5.41, 5.74) is 0.437. The quantitative estimate of drug-likeness (QED) is 0.671.